The minimum absolute atomic E-state index is 0.00163. The lowest BCUT2D eigenvalue weighted by molar-refractivity contribution is -0.130. The van der Waals surface area contributed by atoms with Crippen LogP contribution in [0.3, 0.4) is 0 Å². The van der Waals surface area contributed by atoms with Gasteiger partial charge in [-0.05, 0) is 41.5 Å². The van der Waals surface area contributed by atoms with Gasteiger partial charge in [0.25, 0.3) is 0 Å². The highest BCUT2D eigenvalue weighted by Gasteiger charge is 2.32. The van der Waals surface area contributed by atoms with Crippen molar-refractivity contribution in [1.82, 2.24) is 5.16 Å². The molecule has 2 aromatic carbocycles. The van der Waals surface area contributed by atoms with Crippen LogP contribution in [-0.4, -0.2) is 37.0 Å². The van der Waals surface area contributed by atoms with E-state index in [4.69, 9.17) is 14.0 Å². The number of ketones is 2. The molecule has 6 nitrogen and oxygen atoms in total. The number of hydrogen-bond donors (Lipinski definition) is 0. The fourth-order valence-electron chi connectivity index (χ4n) is 3.50. The molecule has 3 aromatic rings. The van der Waals surface area contributed by atoms with Crippen LogP contribution in [-0.2, 0) is 14.3 Å². The normalized spacial score (nSPS) is 18.0. The second-order valence-corrected chi connectivity index (χ2v) is 6.50. The van der Waals surface area contributed by atoms with Gasteiger partial charge in [-0.2, -0.15) is 0 Å². The summed E-state index contributed by atoms with van der Waals surface area (Å²) in [7, 11) is 1.63. The molecule has 26 heavy (non-hydrogen) atoms. The number of rotatable bonds is 5. The first-order valence-corrected chi connectivity index (χ1v) is 8.65. The summed E-state index contributed by atoms with van der Waals surface area (Å²) in [6, 6.07) is 9.60. The molecule has 1 atom stereocenters. The van der Waals surface area contributed by atoms with Gasteiger partial charge in [0.05, 0.1) is 24.3 Å². The molecule has 1 aliphatic rings. The maximum atomic E-state index is 12.3. The van der Waals surface area contributed by atoms with E-state index in [1.54, 1.807) is 7.11 Å². The lowest BCUT2D eigenvalue weighted by Crippen LogP contribution is -2.23. The lowest BCUT2D eigenvalue weighted by Gasteiger charge is -2.18. The van der Waals surface area contributed by atoms with E-state index in [0.29, 0.717) is 37.3 Å². The van der Waals surface area contributed by atoms with Crippen LogP contribution in [0.4, 0.5) is 0 Å². The van der Waals surface area contributed by atoms with E-state index in [9.17, 15) is 9.59 Å². The van der Waals surface area contributed by atoms with Crippen LogP contribution in [0.25, 0.3) is 21.7 Å². The molecule has 6 heteroatoms. The number of carbonyl (C=O) groups excluding carboxylic acids is 2. The Morgan fingerprint density at radius 3 is 2.88 bits per heavy atom. The van der Waals surface area contributed by atoms with Gasteiger partial charge in [0.2, 0.25) is 0 Å². The molecular weight excluding hydrogens is 334 g/mol. The third kappa shape index (κ3) is 2.97. The maximum absolute atomic E-state index is 12.3. The molecule has 0 aliphatic heterocycles. The van der Waals surface area contributed by atoms with Crippen molar-refractivity contribution in [3.8, 4) is 5.75 Å². The minimum Gasteiger partial charge on any atom is -0.491 e. The Bertz CT molecular complexity index is 990. The van der Waals surface area contributed by atoms with E-state index >= 15 is 0 Å². The Morgan fingerprint density at radius 1 is 1.19 bits per heavy atom. The Kier molecular flexibility index (Phi) is 4.42. The molecule has 0 amide bonds. The van der Waals surface area contributed by atoms with Crippen molar-refractivity contribution in [1.29, 1.82) is 0 Å². The van der Waals surface area contributed by atoms with Gasteiger partial charge in [0.15, 0.2) is 5.58 Å². The zero-order valence-corrected chi connectivity index (χ0v) is 14.5. The molecule has 1 heterocycles. The number of ether oxygens (including phenoxy) is 2. The average molecular weight is 353 g/mol. The van der Waals surface area contributed by atoms with E-state index < -0.39 is 0 Å². The van der Waals surface area contributed by atoms with Gasteiger partial charge in [0, 0.05) is 13.5 Å². The monoisotopic (exact) mass is 353 g/mol. The molecule has 0 saturated heterocycles. The molecule has 134 valence electrons. The summed E-state index contributed by atoms with van der Waals surface area (Å²) in [6.07, 6.45) is 0.891. The van der Waals surface area contributed by atoms with Crippen LogP contribution in [0.2, 0.25) is 0 Å². The second kappa shape index (κ2) is 6.88. The number of fused-ring (bicyclic) bond motifs is 3. The lowest BCUT2D eigenvalue weighted by atomic mass is 9.83. The summed E-state index contributed by atoms with van der Waals surface area (Å²) in [5.41, 5.74) is 1.28. The highest BCUT2D eigenvalue weighted by molar-refractivity contribution is 6.11. The number of methoxy groups -OCH3 is 1. The molecule has 1 fully saturated rings. The van der Waals surface area contributed by atoms with Crippen molar-refractivity contribution < 1.29 is 23.6 Å². The molecule has 0 N–H and O–H groups in total. The SMILES string of the molecule is COCCOc1ccc2c(ccc3onc([C@H]4CCC(=O)CC4=O)c32)c1. The van der Waals surface area contributed by atoms with Crippen molar-refractivity contribution in [2.24, 2.45) is 0 Å². The third-order valence-corrected chi connectivity index (χ3v) is 4.81. The first-order chi connectivity index (χ1) is 12.7. The van der Waals surface area contributed by atoms with Crippen LogP contribution in [0.5, 0.6) is 5.75 Å². The van der Waals surface area contributed by atoms with E-state index in [1.807, 2.05) is 30.3 Å². The van der Waals surface area contributed by atoms with Crippen LogP contribution in [0.1, 0.15) is 30.9 Å². The largest absolute Gasteiger partial charge is 0.491 e. The number of Topliss-reactive ketones (excluding diaryl/α,β-unsaturated/α-hetero) is 2. The molecule has 4 rings (SSSR count). The van der Waals surface area contributed by atoms with Crippen LogP contribution in [0.15, 0.2) is 34.9 Å². The summed E-state index contributed by atoms with van der Waals surface area (Å²) < 4.78 is 16.1. The fraction of sp³-hybridized carbons (Fsp3) is 0.350. The number of carbonyl (C=O) groups is 2. The summed E-state index contributed by atoms with van der Waals surface area (Å²) in [4.78, 5) is 23.9. The zero-order chi connectivity index (χ0) is 18.1. The van der Waals surface area contributed by atoms with E-state index in [1.165, 1.54) is 0 Å². The molecule has 0 unspecified atom stereocenters. The average Bonchev–Trinajstić information content (AvgIpc) is 3.06. The Labute approximate surface area is 150 Å². The van der Waals surface area contributed by atoms with Crippen molar-refractivity contribution >= 4 is 33.3 Å². The van der Waals surface area contributed by atoms with Gasteiger partial charge < -0.3 is 14.0 Å². The van der Waals surface area contributed by atoms with E-state index in [2.05, 4.69) is 5.16 Å². The highest BCUT2D eigenvalue weighted by atomic mass is 16.5. The molecule has 1 saturated carbocycles. The van der Waals surface area contributed by atoms with Gasteiger partial charge in [-0.3, -0.25) is 9.59 Å². The van der Waals surface area contributed by atoms with Gasteiger partial charge in [-0.15, -0.1) is 0 Å². The molecule has 1 aromatic heterocycles. The maximum Gasteiger partial charge on any atom is 0.167 e. The molecule has 0 bridgehead atoms. The highest BCUT2D eigenvalue weighted by Crippen LogP contribution is 2.37. The van der Waals surface area contributed by atoms with E-state index in [0.717, 1.165) is 21.9 Å². The molecular formula is C20H19NO5. The predicted molar refractivity (Wildman–Crippen MR) is 95.5 cm³/mol. The molecule has 0 spiro atoms. The number of nitrogens with zero attached hydrogens (tertiary/aromatic N) is 1. The predicted octanol–water partition coefficient (Wildman–Crippen LogP) is 3.41. The fourth-order valence-corrected chi connectivity index (χ4v) is 3.50. The summed E-state index contributed by atoms with van der Waals surface area (Å²) in [5.74, 6) is 0.304. The van der Waals surface area contributed by atoms with Gasteiger partial charge >= 0.3 is 0 Å². The Balaban J connectivity index is 1.75. The van der Waals surface area contributed by atoms with E-state index in [-0.39, 0.29) is 23.9 Å². The Morgan fingerprint density at radius 2 is 2.08 bits per heavy atom. The first kappa shape index (κ1) is 16.7. The second-order valence-electron chi connectivity index (χ2n) is 6.50. The Hall–Kier alpha value is -2.73. The topological polar surface area (TPSA) is 78.6 Å². The van der Waals surface area contributed by atoms with Crippen molar-refractivity contribution in [2.75, 3.05) is 20.3 Å². The standard InChI is InChI=1S/C20H19NO5/c1-24-8-9-25-14-4-6-15-12(10-14)2-7-18-19(15)20(21-26-18)16-5-3-13(22)11-17(16)23/h2,4,6-7,10,16H,3,5,8-9,11H2,1H3/t16-/m0/s1. The van der Waals surface area contributed by atoms with Crippen LogP contribution in [0, 0.1) is 0 Å². The van der Waals surface area contributed by atoms with Gasteiger partial charge in [0.1, 0.15) is 29.6 Å². The number of hydrogen-bond acceptors (Lipinski definition) is 6. The summed E-state index contributed by atoms with van der Waals surface area (Å²) in [5, 5.41) is 6.96. The molecule has 0 radical (unpaired) electrons. The summed E-state index contributed by atoms with van der Waals surface area (Å²) in [6.45, 7) is 1.00. The van der Waals surface area contributed by atoms with Crippen molar-refractivity contribution in [3.05, 3.63) is 36.0 Å². The van der Waals surface area contributed by atoms with Crippen molar-refractivity contribution in [2.45, 2.75) is 25.2 Å². The van der Waals surface area contributed by atoms with Gasteiger partial charge in [-0.25, -0.2) is 0 Å². The van der Waals surface area contributed by atoms with Gasteiger partial charge in [-0.1, -0.05) is 11.2 Å². The quantitative estimate of drug-likeness (QED) is 0.517. The van der Waals surface area contributed by atoms with Crippen LogP contribution >= 0.6 is 0 Å². The smallest absolute Gasteiger partial charge is 0.167 e. The zero-order valence-electron chi connectivity index (χ0n) is 14.5. The third-order valence-electron chi connectivity index (χ3n) is 4.81. The minimum atomic E-state index is -0.378. The summed E-state index contributed by atoms with van der Waals surface area (Å²) >= 11 is 0. The number of benzene rings is 2. The van der Waals surface area contributed by atoms with Crippen molar-refractivity contribution in [3.63, 3.8) is 0 Å². The first-order valence-electron chi connectivity index (χ1n) is 8.65. The molecule has 1 aliphatic carbocycles. The van der Waals surface area contributed by atoms with Crippen LogP contribution < -0.4 is 4.74 Å². The number of aromatic nitrogens is 1.